The van der Waals surface area contributed by atoms with Crippen molar-refractivity contribution in [3.8, 4) is 0 Å². The molecule has 124 valence electrons. The zero-order valence-electron chi connectivity index (χ0n) is 12.8. The maximum absolute atomic E-state index is 13.3. The molecule has 0 radical (unpaired) electrons. The van der Waals surface area contributed by atoms with E-state index in [1.165, 1.54) is 0 Å². The largest absolute Gasteiger partial charge is 0.444 e. The minimum absolute atomic E-state index is 0.0229. The lowest BCUT2D eigenvalue weighted by molar-refractivity contribution is 0.0132. The molecule has 0 heterocycles. The van der Waals surface area contributed by atoms with Crippen LogP contribution in [-0.4, -0.2) is 34.6 Å². The number of nitrogens with one attached hydrogen (secondary N) is 1. The summed E-state index contributed by atoms with van der Waals surface area (Å²) in [7, 11) is 0. The number of amides is 1. The highest BCUT2D eigenvalue weighted by Gasteiger charge is 2.24. The molecule has 0 aliphatic rings. The van der Waals surface area contributed by atoms with Crippen LogP contribution in [0.25, 0.3) is 0 Å². The normalized spacial score (nSPS) is 14.3. The van der Waals surface area contributed by atoms with Gasteiger partial charge in [0.15, 0.2) is 0 Å². The number of nitrogens with two attached hydrogens (primary N) is 2. The first-order valence-corrected chi connectivity index (χ1v) is 6.68. The number of aliphatic hydroxyl groups is 2. The van der Waals surface area contributed by atoms with Crippen LogP contribution in [0.4, 0.5) is 20.6 Å². The van der Waals surface area contributed by atoms with Crippen LogP contribution in [0.15, 0.2) is 12.1 Å². The summed E-state index contributed by atoms with van der Waals surface area (Å²) >= 11 is 0. The van der Waals surface area contributed by atoms with E-state index in [-0.39, 0.29) is 23.5 Å². The molecule has 7 nitrogen and oxygen atoms in total. The number of rotatable bonds is 4. The van der Waals surface area contributed by atoms with E-state index in [1.807, 2.05) is 0 Å². The second kappa shape index (κ2) is 6.80. The van der Waals surface area contributed by atoms with E-state index in [0.29, 0.717) is 0 Å². The number of hydrogen-bond acceptors (Lipinski definition) is 6. The Labute approximate surface area is 128 Å². The van der Waals surface area contributed by atoms with Crippen LogP contribution in [0.2, 0.25) is 0 Å². The molecule has 0 spiro atoms. The molecule has 0 fully saturated rings. The summed E-state index contributed by atoms with van der Waals surface area (Å²) < 4.78 is 18.3. The molecule has 0 aliphatic heterocycles. The number of alkyl carbamates (subject to hydrolysis) is 1. The van der Waals surface area contributed by atoms with Crippen molar-refractivity contribution in [2.45, 2.75) is 38.6 Å². The van der Waals surface area contributed by atoms with Crippen LogP contribution < -0.4 is 16.8 Å². The second-order valence-corrected chi connectivity index (χ2v) is 5.89. The fourth-order valence-corrected chi connectivity index (χ4v) is 1.73. The topological polar surface area (TPSA) is 131 Å². The Bertz CT molecular complexity index is 546. The van der Waals surface area contributed by atoms with Crippen molar-refractivity contribution >= 4 is 17.5 Å². The molecule has 0 saturated carbocycles. The highest BCUT2D eigenvalue weighted by atomic mass is 19.1. The van der Waals surface area contributed by atoms with Crippen molar-refractivity contribution in [1.29, 1.82) is 0 Å². The van der Waals surface area contributed by atoms with Crippen molar-refractivity contribution in [2.75, 3.05) is 18.0 Å². The zero-order chi connectivity index (χ0) is 17.1. The lowest BCUT2D eigenvalue weighted by atomic mass is 10.0. The van der Waals surface area contributed by atoms with Gasteiger partial charge in [0.05, 0.1) is 11.4 Å². The van der Waals surface area contributed by atoms with E-state index in [4.69, 9.17) is 16.2 Å². The fourth-order valence-electron chi connectivity index (χ4n) is 1.73. The molecule has 0 saturated heterocycles. The van der Waals surface area contributed by atoms with Gasteiger partial charge >= 0.3 is 6.09 Å². The number of carbonyl (C=O) groups is 1. The standard InChI is InChI=1S/C14H22FN3O4/c1-14(2,3)22-13(21)18-6-10(19)12(20)8-4-7(15)5-9(16)11(8)17/h4-5,10,12,19-20H,6,16-17H2,1-3H3,(H,18,21). The lowest BCUT2D eigenvalue weighted by Gasteiger charge is -2.23. The van der Waals surface area contributed by atoms with Gasteiger partial charge in [0.1, 0.15) is 23.6 Å². The summed E-state index contributed by atoms with van der Waals surface area (Å²) in [6.45, 7) is 4.77. The Morgan fingerprint density at radius 3 is 2.50 bits per heavy atom. The van der Waals surface area contributed by atoms with E-state index < -0.39 is 29.7 Å². The predicted octanol–water partition coefficient (Wildman–Crippen LogP) is 0.909. The van der Waals surface area contributed by atoms with Crippen molar-refractivity contribution in [2.24, 2.45) is 0 Å². The number of halogens is 1. The molecule has 0 aromatic heterocycles. The van der Waals surface area contributed by atoms with Gasteiger partial charge in [-0.05, 0) is 32.9 Å². The van der Waals surface area contributed by atoms with Gasteiger partial charge in [-0.2, -0.15) is 0 Å². The van der Waals surface area contributed by atoms with Crippen LogP contribution in [0.1, 0.15) is 32.4 Å². The molecule has 1 aromatic rings. The average molecular weight is 315 g/mol. The number of hydrogen-bond donors (Lipinski definition) is 5. The van der Waals surface area contributed by atoms with Gasteiger partial charge in [-0.25, -0.2) is 9.18 Å². The van der Waals surface area contributed by atoms with Crippen molar-refractivity contribution < 1.29 is 24.1 Å². The highest BCUT2D eigenvalue weighted by Crippen LogP contribution is 2.29. The van der Waals surface area contributed by atoms with Gasteiger partial charge in [-0.3, -0.25) is 0 Å². The zero-order valence-corrected chi connectivity index (χ0v) is 12.8. The molecular weight excluding hydrogens is 293 g/mol. The van der Waals surface area contributed by atoms with Gasteiger partial charge in [-0.15, -0.1) is 0 Å². The molecule has 1 amide bonds. The smallest absolute Gasteiger partial charge is 0.407 e. The fraction of sp³-hybridized carbons (Fsp3) is 0.500. The first-order valence-electron chi connectivity index (χ1n) is 6.68. The van der Waals surface area contributed by atoms with Crippen LogP contribution in [0.5, 0.6) is 0 Å². The lowest BCUT2D eigenvalue weighted by Crippen LogP contribution is -2.39. The number of anilines is 2. The van der Waals surface area contributed by atoms with Crippen molar-refractivity contribution in [3.05, 3.63) is 23.5 Å². The molecular formula is C14H22FN3O4. The summed E-state index contributed by atoms with van der Waals surface area (Å²) in [5.74, 6) is -0.687. The Balaban J connectivity index is 2.70. The highest BCUT2D eigenvalue weighted by molar-refractivity contribution is 5.69. The first-order chi connectivity index (χ1) is 10.0. The second-order valence-electron chi connectivity index (χ2n) is 5.89. The van der Waals surface area contributed by atoms with Crippen LogP contribution in [-0.2, 0) is 4.74 Å². The monoisotopic (exact) mass is 315 g/mol. The minimum atomic E-state index is -1.51. The summed E-state index contributed by atoms with van der Waals surface area (Å²) in [5.41, 5.74) is 10.4. The van der Waals surface area contributed by atoms with Crippen molar-refractivity contribution in [3.63, 3.8) is 0 Å². The molecule has 0 bridgehead atoms. The van der Waals surface area contributed by atoms with E-state index >= 15 is 0 Å². The van der Waals surface area contributed by atoms with E-state index in [2.05, 4.69) is 5.32 Å². The minimum Gasteiger partial charge on any atom is -0.444 e. The van der Waals surface area contributed by atoms with E-state index in [9.17, 15) is 19.4 Å². The third-order valence-electron chi connectivity index (χ3n) is 2.75. The summed E-state index contributed by atoms with van der Waals surface area (Å²) in [6, 6.07) is 1.99. The number of ether oxygens (including phenoxy) is 1. The SMILES string of the molecule is CC(C)(C)OC(=O)NCC(O)C(O)c1cc(F)cc(N)c1N. The molecule has 1 rings (SSSR count). The Morgan fingerprint density at radius 1 is 1.36 bits per heavy atom. The average Bonchev–Trinajstić information content (AvgIpc) is 2.37. The predicted molar refractivity (Wildman–Crippen MR) is 80.4 cm³/mol. The number of nitrogen functional groups attached to an aromatic ring is 2. The van der Waals surface area contributed by atoms with Gasteiger partial charge < -0.3 is 31.7 Å². The maximum Gasteiger partial charge on any atom is 0.407 e. The molecule has 8 heteroatoms. The van der Waals surface area contributed by atoms with Gasteiger partial charge in [0, 0.05) is 12.1 Å². The van der Waals surface area contributed by atoms with Gasteiger partial charge in [-0.1, -0.05) is 0 Å². The molecule has 2 unspecified atom stereocenters. The van der Waals surface area contributed by atoms with E-state index in [1.54, 1.807) is 20.8 Å². The Morgan fingerprint density at radius 2 is 1.95 bits per heavy atom. The van der Waals surface area contributed by atoms with Crippen LogP contribution in [0.3, 0.4) is 0 Å². The first kappa shape index (κ1) is 18.0. The third-order valence-corrected chi connectivity index (χ3v) is 2.75. The molecule has 0 aliphatic carbocycles. The molecule has 22 heavy (non-hydrogen) atoms. The molecule has 1 aromatic carbocycles. The van der Waals surface area contributed by atoms with Crippen molar-refractivity contribution in [1.82, 2.24) is 5.32 Å². The Hall–Kier alpha value is -2.06. The number of aliphatic hydroxyl groups excluding tert-OH is 2. The summed E-state index contributed by atoms with van der Waals surface area (Å²) in [4.78, 5) is 11.5. The summed E-state index contributed by atoms with van der Waals surface area (Å²) in [5, 5.41) is 22.2. The number of carbonyl (C=O) groups excluding carboxylic acids is 1. The maximum atomic E-state index is 13.3. The number of benzene rings is 1. The van der Waals surface area contributed by atoms with Gasteiger partial charge in [0.2, 0.25) is 0 Å². The quantitative estimate of drug-likeness (QED) is 0.525. The summed E-state index contributed by atoms with van der Waals surface area (Å²) in [6.07, 6.45) is -3.66. The molecule has 2 atom stereocenters. The third kappa shape index (κ3) is 5.05. The van der Waals surface area contributed by atoms with E-state index in [0.717, 1.165) is 12.1 Å². The van der Waals surface area contributed by atoms with Gasteiger partial charge in [0.25, 0.3) is 0 Å². The van der Waals surface area contributed by atoms with Crippen LogP contribution in [0, 0.1) is 5.82 Å². The molecule has 7 N–H and O–H groups in total. The van der Waals surface area contributed by atoms with Crippen LogP contribution >= 0.6 is 0 Å². The Kier molecular flexibility index (Phi) is 5.56.